The second-order valence-electron chi connectivity index (χ2n) is 4.50. The molecule has 0 saturated heterocycles. The molecular formula is C14H12FN3O2. The summed E-state index contributed by atoms with van der Waals surface area (Å²) in [5.74, 6) is -0.325. The number of aromatic nitrogens is 2. The maximum Gasteiger partial charge on any atom is 0.328 e. The maximum atomic E-state index is 12.8. The van der Waals surface area contributed by atoms with Crippen LogP contribution in [-0.4, -0.2) is 9.55 Å². The Morgan fingerprint density at radius 3 is 2.60 bits per heavy atom. The summed E-state index contributed by atoms with van der Waals surface area (Å²) in [6.45, 7) is 1.78. The molecule has 1 aromatic carbocycles. The zero-order chi connectivity index (χ0) is 14.7. The van der Waals surface area contributed by atoms with Crippen molar-refractivity contribution in [3.8, 4) is 6.07 Å². The van der Waals surface area contributed by atoms with E-state index in [1.54, 1.807) is 25.1 Å². The summed E-state index contributed by atoms with van der Waals surface area (Å²) in [7, 11) is 0. The van der Waals surface area contributed by atoms with Crippen molar-refractivity contribution in [2.45, 2.75) is 19.4 Å². The van der Waals surface area contributed by atoms with E-state index in [0.717, 1.165) is 5.56 Å². The molecule has 1 atom stereocenters. The Balaban J connectivity index is 2.32. The van der Waals surface area contributed by atoms with Gasteiger partial charge in [0, 0.05) is 12.2 Å². The summed E-state index contributed by atoms with van der Waals surface area (Å²) in [4.78, 5) is 25.1. The van der Waals surface area contributed by atoms with E-state index in [-0.39, 0.29) is 17.4 Å². The molecule has 102 valence electrons. The molecule has 1 heterocycles. The van der Waals surface area contributed by atoms with Crippen LogP contribution < -0.4 is 11.2 Å². The fourth-order valence-corrected chi connectivity index (χ4v) is 1.95. The average Bonchev–Trinajstić information content (AvgIpc) is 2.41. The van der Waals surface area contributed by atoms with Crippen molar-refractivity contribution < 1.29 is 4.39 Å². The van der Waals surface area contributed by atoms with Gasteiger partial charge in [-0.2, -0.15) is 5.26 Å². The van der Waals surface area contributed by atoms with E-state index in [0.29, 0.717) is 6.42 Å². The zero-order valence-electron chi connectivity index (χ0n) is 10.8. The van der Waals surface area contributed by atoms with Crippen LogP contribution in [0.5, 0.6) is 0 Å². The second-order valence-corrected chi connectivity index (χ2v) is 4.50. The van der Waals surface area contributed by atoms with E-state index in [1.165, 1.54) is 22.9 Å². The quantitative estimate of drug-likeness (QED) is 0.916. The SMILES string of the molecule is CC(Cc1ccc(F)cc1)n1cc(C#N)c(=O)[nH]c1=O. The minimum absolute atomic E-state index is 0.115. The van der Waals surface area contributed by atoms with Gasteiger partial charge in [-0.3, -0.25) is 14.3 Å². The van der Waals surface area contributed by atoms with Crippen LogP contribution in [0.1, 0.15) is 24.1 Å². The molecular weight excluding hydrogens is 261 g/mol. The monoisotopic (exact) mass is 273 g/mol. The fourth-order valence-electron chi connectivity index (χ4n) is 1.95. The summed E-state index contributed by atoms with van der Waals surface area (Å²) in [5.41, 5.74) is -0.516. The molecule has 6 heteroatoms. The van der Waals surface area contributed by atoms with Gasteiger partial charge in [0.05, 0.1) is 0 Å². The minimum Gasteiger partial charge on any atom is -0.296 e. The van der Waals surface area contributed by atoms with Gasteiger partial charge < -0.3 is 0 Å². The molecule has 0 fully saturated rings. The molecule has 0 radical (unpaired) electrons. The van der Waals surface area contributed by atoms with Gasteiger partial charge in [-0.1, -0.05) is 12.1 Å². The van der Waals surface area contributed by atoms with E-state index >= 15 is 0 Å². The van der Waals surface area contributed by atoms with Crippen LogP contribution in [0, 0.1) is 17.1 Å². The Bertz CT molecular complexity index is 769. The molecule has 1 N–H and O–H groups in total. The first-order valence-corrected chi connectivity index (χ1v) is 6.01. The van der Waals surface area contributed by atoms with Crippen molar-refractivity contribution in [2.24, 2.45) is 0 Å². The largest absolute Gasteiger partial charge is 0.328 e. The highest BCUT2D eigenvalue weighted by atomic mass is 19.1. The zero-order valence-corrected chi connectivity index (χ0v) is 10.8. The first-order chi connectivity index (χ1) is 9.51. The van der Waals surface area contributed by atoms with Crippen molar-refractivity contribution >= 4 is 0 Å². The molecule has 0 aliphatic heterocycles. The maximum absolute atomic E-state index is 12.8. The number of halogens is 1. The predicted molar refractivity (Wildman–Crippen MR) is 70.9 cm³/mol. The predicted octanol–water partition coefficient (Wildman–Crippen LogP) is 1.35. The number of nitriles is 1. The normalized spacial score (nSPS) is 11.8. The number of hydrogen-bond donors (Lipinski definition) is 1. The molecule has 2 rings (SSSR count). The molecule has 0 spiro atoms. The Kier molecular flexibility index (Phi) is 3.80. The summed E-state index contributed by atoms with van der Waals surface area (Å²) < 4.78 is 14.1. The number of H-pyrrole nitrogens is 1. The van der Waals surface area contributed by atoms with Crippen LogP contribution in [0.25, 0.3) is 0 Å². The van der Waals surface area contributed by atoms with Crippen LogP contribution in [0.4, 0.5) is 4.39 Å². The number of nitrogens with zero attached hydrogens (tertiary/aromatic N) is 2. The van der Waals surface area contributed by atoms with E-state index < -0.39 is 11.2 Å². The molecule has 20 heavy (non-hydrogen) atoms. The van der Waals surface area contributed by atoms with Gasteiger partial charge in [0.25, 0.3) is 5.56 Å². The molecule has 0 amide bonds. The number of benzene rings is 1. The van der Waals surface area contributed by atoms with Gasteiger partial charge in [0.1, 0.15) is 17.4 Å². The van der Waals surface area contributed by atoms with Crippen molar-refractivity contribution in [3.05, 3.63) is 68.2 Å². The van der Waals surface area contributed by atoms with Crippen molar-refractivity contribution in [3.63, 3.8) is 0 Å². The Morgan fingerprint density at radius 2 is 2.00 bits per heavy atom. The van der Waals surface area contributed by atoms with Gasteiger partial charge in [-0.15, -0.1) is 0 Å². The van der Waals surface area contributed by atoms with Crippen molar-refractivity contribution in [2.75, 3.05) is 0 Å². The topological polar surface area (TPSA) is 78.7 Å². The highest BCUT2D eigenvalue weighted by Gasteiger charge is 2.11. The van der Waals surface area contributed by atoms with E-state index in [4.69, 9.17) is 5.26 Å². The summed E-state index contributed by atoms with van der Waals surface area (Å²) in [6.07, 6.45) is 1.73. The van der Waals surface area contributed by atoms with Crippen LogP contribution in [0.2, 0.25) is 0 Å². The van der Waals surface area contributed by atoms with E-state index in [1.807, 2.05) is 0 Å². The molecule has 2 aromatic rings. The van der Waals surface area contributed by atoms with Crippen LogP contribution >= 0.6 is 0 Å². The molecule has 0 aliphatic rings. The Labute approximate surface area is 113 Å². The summed E-state index contributed by atoms with van der Waals surface area (Å²) in [6, 6.07) is 7.43. The molecule has 0 bridgehead atoms. The number of rotatable bonds is 3. The van der Waals surface area contributed by atoms with E-state index in [9.17, 15) is 14.0 Å². The van der Waals surface area contributed by atoms with Crippen LogP contribution in [-0.2, 0) is 6.42 Å². The number of nitrogens with one attached hydrogen (secondary N) is 1. The summed E-state index contributed by atoms with van der Waals surface area (Å²) >= 11 is 0. The third kappa shape index (κ3) is 2.83. The van der Waals surface area contributed by atoms with Gasteiger partial charge in [0.2, 0.25) is 0 Å². The van der Waals surface area contributed by atoms with Crippen molar-refractivity contribution in [1.82, 2.24) is 9.55 Å². The highest BCUT2D eigenvalue weighted by Crippen LogP contribution is 2.12. The fraction of sp³-hybridized carbons (Fsp3) is 0.214. The number of aromatic amines is 1. The first kappa shape index (κ1) is 13.7. The highest BCUT2D eigenvalue weighted by molar-refractivity contribution is 5.22. The Morgan fingerprint density at radius 1 is 1.35 bits per heavy atom. The van der Waals surface area contributed by atoms with Crippen molar-refractivity contribution in [1.29, 1.82) is 5.26 Å². The lowest BCUT2D eigenvalue weighted by Gasteiger charge is -2.14. The van der Waals surface area contributed by atoms with Gasteiger partial charge in [-0.25, -0.2) is 9.18 Å². The van der Waals surface area contributed by atoms with Crippen LogP contribution in [0.15, 0.2) is 40.1 Å². The molecule has 1 aromatic heterocycles. The smallest absolute Gasteiger partial charge is 0.296 e. The average molecular weight is 273 g/mol. The minimum atomic E-state index is -0.692. The lowest BCUT2D eigenvalue weighted by atomic mass is 10.1. The molecule has 5 nitrogen and oxygen atoms in total. The molecule has 1 unspecified atom stereocenters. The third-order valence-electron chi connectivity index (χ3n) is 3.01. The first-order valence-electron chi connectivity index (χ1n) is 6.01. The molecule has 0 saturated carbocycles. The van der Waals surface area contributed by atoms with Gasteiger partial charge in [0.15, 0.2) is 0 Å². The van der Waals surface area contributed by atoms with E-state index in [2.05, 4.69) is 4.98 Å². The molecule has 0 aliphatic carbocycles. The third-order valence-corrected chi connectivity index (χ3v) is 3.01. The lowest BCUT2D eigenvalue weighted by Crippen LogP contribution is -2.33. The van der Waals surface area contributed by atoms with Gasteiger partial charge >= 0.3 is 5.69 Å². The van der Waals surface area contributed by atoms with Crippen LogP contribution in [0.3, 0.4) is 0 Å². The second kappa shape index (κ2) is 5.53. The van der Waals surface area contributed by atoms with Gasteiger partial charge in [-0.05, 0) is 31.0 Å². The Hall–Kier alpha value is -2.68. The standard InChI is InChI=1S/C14H12FN3O2/c1-9(6-10-2-4-12(15)5-3-10)18-8-11(7-16)13(19)17-14(18)20/h2-5,8-9H,6H2,1H3,(H,17,19,20). The lowest BCUT2D eigenvalue weighted by molar-refractivity contribution is 0.512. The summed E-state index contributed by atoms with van der Waals surface area (Å²) in [5, 5.41) is 8.81. The number of hydrogen-bond acceptors (Lipinski definition) is 3.